The van der Waals surface area contributed by atoms with Crippen LogP contribution in [0.1, 0.15) is 48.1 Å². The minimum atomic E-state index is -4.45. The van der Waals surface area contributed by atoms with Crippen molar-refractivity contribution in [1.82, 2.24) is 0 Å². The van der Waals surface area contributed by atoms with Gasteiger partial charge in [0, 0.05) is 17.2 Å². The Bertz CT molecular complexity index is 869. The molecule has 0 amide bonds. The summed E-state index contributed by atoms with van der Waals surface area (Å²) in [5.41, 5.74) is 1.35. The molecule has 0 aromatic heterocycles. The molecule has 0 spiro atoms. The molecule has 4 rings (SSSR count). The molecule has 2 aliphatic heterocycles. The number of hydrogen-bond acceptors (Lipinski definition) is 3. The number of hydrogen-bond donors (Lipinski definition) is 2. The van der Waals surface area contributed by atoms with Gasteiger partial charge in [0.1, 0.15) is 0 Å². The van der Waals surface area contributed by atoms with E-state index in [4.69, 9.17) is 9.84 Å². The molecule has 4 nitrogen and oxygen atoms in total. The second-order valence-corrected chi connectivity index (χ2v) is 7.35. The predicted molar refractivity (Wildman–Crippen MR) is 96.8 cm³/mol. The van der Waals surface area contributed by atoms with E-state index in [1.807, 2.05) is 30.3 Å². The van der Waals surface area contributed by atoms with Crippen LogP contribution in [-0.4, -0.2) is 17.2 Å². The molecule has 0 saturated carbocycles. The van der Waals surface area contributed by atoms with Crippen molar-refractivity contribution in [2.45, 2.75) is 43.7 Å². The molecule has 4 atom stereocenters. The number of nitrogens with one attached hydrogen (secondary N) is 1. The zero-order valence-corrected chi connectivity index (χ0v) is 14.9. The summed E-state index contributed by atoms with van der Waals surface area (Å²) >= 11 is 0. The maximum atomic E-state index is 13.2. The Morgan fingerprint density at radius 2 is 1.89 bits per heavy atom. The third kappa shape index (κ3) is 3.58. The molecule has 28 heavy (non-hydrogen) atoms. The zero-order valence-electron chi connectivity index (χ0n) is 14.9. The predicted octanol–water partition coefficient (Wildman–Crippen LogP) is 5.18. The van der Waals surface area contributed by atoms with E-state index in [0.29, 0.717) is 24.1 Å². The maximum Gasteiger partial charge on any atom is 0.416 e. The van der Waals surface area contributed by atoms with Crippen LogP contribution in [-0.2, 0) is 15.7 Å². The molecular weight excluding hydrogens is 371 g/mol. The van der Waals surface area contributed by atoms with Crippen LogP contribution < -0.4 is 5.32 Å². The fraction of sp³-hybridized carbons (Fsp3) is 0.381. The van der Waals surface area contributed by atoms with Crippen molar-refractivity contribution in [3.05, 3.63) is 65.2 Å². The minimum Gasteiger partial charge on any atom is -0.481 e. The van der Waals surface area contributed by atoms with Crippen LogP contribution in [0.2, 0.25) is 0 Å². The number of halogens is 3. The number of ether oxygens (including phenoxy) is 1. The number of carboxylic acids is 1. The molecule has 2 aliphatic rings. The van der Waals surface area contributed by atoms with Crippen molar-refractivity contribution in [1.29, 1.82) is 0 Å². The normalized spacial score (nSPS) is 26.7. The Balaban J connectivity index is 1.74. The van der Waals surface area contributed by atoms with E-state index in [0.717, 1.165) is 17.7 Å². The van der Waals surface area contributed by atoms with Gasteiger partial charge in [-0.05, 0) is 36.6 Å². The highest BCUT2D eigenvalue weighted by Gasteiger charge is 2.43. The average molecular weight is 391 g/mol. The fourth-order valence-corrected chi connectivity index (χ4v) is 4.27. The van der Waals surface area contributed by atoms with Gasteiger partial charge in [-0.1, -0.05) is 30.3 Å². The van der Waals surface area contributed by atoms with Gasteiger partial charge in [-0.2, -0.15) is 13.2 Å². The summed E-state index contributed by atoms with van der Waals surface area (Å²) in [6.45, 7) is 0. The molecule has 1 fully saturated rings. The Kier molecular flexibility index (Phi) is 4.79. The number of benzene rings is 2. The van der Waals surface area contributed by atoms with Crippen LogP contribution in [0.15, 0.2) is 48.5 Å². The van der Waals surface area contributed by atoms with Crippen LogP contribution in [0.25, 0.3) is 0 Å². The molecule has 2 aromatic carbocycles. The third-order valence-electron chi connectivity index (χ3n) is 5.54. The topological polar surface area (TPSA) is 58.6 Å². The van der Waals surface area contributed by atoms with Crippen LogP contribution >= 0.6 is 0 Å². The summed E-state index contributed by atoms with van der Waals surface area (Å²) in [6, 6.07) is 13.2. The van der Waals surface area contributed by atoms with Crippen LogP contribution in [0.4, 0.5) is 18.9 Å². The molecular formula is C21H20F3NO3. The molecule has 2 heterocycles. The summed E-state index contributed by atoms with van der Waals surface area (Å²) in [7, 11) is 0. The Labute approximate surface area is 160 Å². The molecule has 2 N–H and O–H groups in total. The summed E-state index contributed by atoms with van der Waals surface area (Å²) in [5, 5.41) is 12.5. The van der Waals surface area contributed by atoms with E-state index in [-0.39, 0.29) is 18.4 Å². The summed E-state index contributed by atoms with van der Waals surface area (Å²) in [6.07, 6.45) is -4.45. The summed E-state index contributed by atoms with van der Waals surface area (Å²) < 4.78 is 45.8. The molecule has 148 valence electrons. The van der Waals surface area contributed by atoms with Gasteiger partial charge in [0.2, 0.25) is 0 Å². The van der Waals surface area contributed by atoms with Gasteiger partial charge < -0.3 is 15.2 Å². The highest BCUT2D eigenvalue weighted by atomic mass is 19.4. The van der Waals surface area contributed by atoms with Crippen LogP contribution in [0, 0.1) is 5.92 Å². The number of fused-ring (bicyclic) bond motifs is 3. The van der Waals surface area contributed by atoms with Crippen molar-refractivity contribution in [3.63, 3.8) is 0 Å². The highest BCUT2D eigenvalue weighted by molar-refractivity contribution is 5.67. The minimum absolute atomic E-state index is 0.0802. The first kappa shape index (κ1) is 18.8. The van der Waals surface area contributed by atoms with E-state index in [9.17, 15) is 18.0 Å². The van der Waals surface area contributed by atoms with E-state index in [1.54, 1.807) is 0 Å². The quantitative estimate of drug-likeness (QED) is 0.757. The fourth-order valence-electron chi connectivity index (χ4n) is 4.27. The Morgan fingerprint density at radius 3 is 2.57 bits per heavy atom. The molecule has 2 aromatic rings. The first-order valence-electron chi connectivity index (χ1n) is 9.23. The first-order chi connectivity index (χ1) is 13.3. The zero-order chi connectivity index (χ0) is 19.9. The maximum absolute atomic E-state index is 13.2. The van der Waals surface area contributed by atoms with Crippen molar-refractivity contribution < 1.29 is 27.8 Å². The van der Waals surface area contributed by atoms with Gasteiger partial charge in [0.05, 0.1) is 30.2 Å². The van der Waals surface area contributed by atoms with Crippen LogP contribution in [0.3, 0.4) is 0 Å². The molecule has 7 heteroatoms. The van der Waals surface area contributed by atoms with Gasteiger partial charge >= 0.3 is 12.1 Å². The molecule has 0 unspecified atom stereocenters. The van der Waals surface area contributed by atoms with Gasteiger partial charge in [0.15, 0.2) is 0 Å². The third-order valence-corrected chi connectivity index (χ3v) is 5.54. The molecule has 1 saturated heterocycles. The lowest BCUT2D eigenvalue weighted by Gasteiger charge is -2.45. The number of carbonyl (C=O) groups is 1. The monoisotopic (exact) mass is 391 g/mol. The van der Waals surface area contributed by atoms with Gasteiger partial charge in [-0.25, -0.2) is 0 Å². The lowest BCUT2D eigenvalue weighted by atomic mass is 9.76. The summed E-state index contributed by atoms with van der Waals surface area (Å²) in [4.78, 5) is 11.1. The summed E-state index contributed by atoms with van der Waals surface area (Å²) in [5.74, 6) is -1.05. The van der Waals surface area contributed by atoms with Crippen molar-refractivity contribution in [2.24, 2.45) is 5.92 Å². The van der Waals surface area contributed by atoms with E-state index >= 15 is 0 Å². The smallest absolute Gasteiger partial charge is 0.416 e. The second-order valence-electron chi connectivity index (χ2n) is 7.35. The van der Waals surface area contributed by atoms with Crippen molar-refractivity contribution in [3.8, 4) is 0 Å². The SMILES string of the molecule is O=C(O)C[C@H]1CC[C@@H]2[C@H](O1)c1cc(C(F)(F)F)ccc1N[C@H]2c1ccccc1. The lowest BCUT2D eigenvalue weighted by molar-refractivity contribution is -0.147. The standard InChI is InChI=1S/C21H20F3NO3/c22-21(23,24)13-6-9-17-16(10-13)20-15(8-7-14(28-20)11-18(26)27)19(25-17)12-4-2-1-3-5-12/h1-6,9-10,14-15,19-20,25H,7-8,11H2,(H,26,27)/t14-,15+,19+,20+/m1/s1. The van der Waals surface area contributed by atoms with Crippen molar-refractivity contribution >= 4 is 11.7 Å². The average Bonchev–Trinajstić information content (AvgIpc) is 2.66. The highest BCUT2D eigenvalue weighted by Crippen LogP contribution is 2.51. The van der Waals surface area contributed by atoms with E-state index in [1.165, 1.54) is 6.07 Å². The van der Waals surface area contributed by atoms with Crippen LogP contribution in [0.5, 0.6) is 0 Å². The largest absolute Gasteiger partial charge is 0.481 e. The molecule has 0 aliphatic carbocycles. The van der Waals surface area contributed by atoms with Crippen molar-refractivity contribution in [2.75, 3.05) is 5.32 Å². The lowest BCUT2D eigenvalue weighted by Crippen LogP contribution is -2.39. The number of carboxylic acid groups (broad SMARTS) is 1. The number of alkyl halides is 3. The Morgan fingerprint density at radius 1 is 1.14 bits per heavy atom. The van der Waals surface area contributed by atoms with E-state index in [2.05, 4.69) is 5.32 Å². The second kappa shape index (κ2) is 7.13. The van der Waals surface area contributed by atoms with Gasteiger partial charge in [-0.3, -0.25) is 4.79 Å². The van der Waals surface area contributed by atoms with Gasteiger partial charge in [0.25, 0.3) is 0 Å². The number of anilines is 1. The number of aliphatic carboxylic acids is 1. The molecule has 0 bridgehead atoms. The first-order valence-corrected chi connectivity index (χ1v) is 9.23. The molecule has 0 radical (unpaired) electrons. The Hall–Kier alpha value is -2.54. The van der Waals surface area contributed by atoms with E-state index < -0.39 is 29.9 Å². The van der Waals surface area contributed by atoms with Gasteiger partial charge in [-0.15, -0.1) is 0 Å². The number of rotatable bonds is 3.